The van der Waals surface area contributed by atoms with E-state index in [4.69, 9.17) is 0 Å². The van der Waals surface area contributed by atoms with Crippen molar-refractivity contribution in [2.24, 2.45) is 5.41 Å². The first-order chi connectivity index (χ1) is 18.6. The Bertz CT molecular complexity index is 1160. The van der Waals surface area contributed by atoms with Crippen LogP contribution >= 0.6 is 0 Å². The van der Waals surface area contributed by atoms with Crippen LogP contribution < -0.4 is 20.9 Å². The molecule has 4 atom stereocenters. The number of amides is 3. The number of nitrogens with zero attached hydrogens (tertiary/aromatic N) is 2. The van der Waals surface area contributed by atoms with Crippen molar-refractivity contribution in [1.82, 2.24) is 20.9 Å². The number of hydrogen-bond acceptors (Lipinski definition) is 5. The third kappa shape index (κ3) is 6.61. The minimum absolute atomic E-state index is 0.0823. The second-order valence-electron chi connectivity index (χ2n) is 11.8. The summed E-state index contributed by atoms with van der Waals surface area (Å²) in [5, 5.41) is 9.19. The van der Waals surface area contributed by atoms with Gasteiger partial charge in [0.05, 0.1) is 12.1 Å². The Morgan fingerprint density at radius 2 is 1.67 bits per heavy atom. The molecule has 0 radical (unpaired) electrons. The van der Waals surface area contributed by atoms with Crippen molar-refractivity contribution in [3.05, 3.63) is 65.7 Å². The van der Waals surface area contributed by atoms with Gasteiger partial charge in [-0.25, -0.2) is 0 Å². The number of aryl methyl sites for hydroxylation is 1. The second-order valence-corrected chi connectivity index (χ2v) is 11.8. The van der Waals surface area contributed by atoms with Gasteiger partial charge in [0.2, 0.25) is 17.7 Å². The van der Waals surface area contributed by atoms with Gasteiger partial charge in [0.15, 0.2) is 0 Å². The molecule has 2 aromatic carbocycles. The van der Waals surface area contributed by atoms with Crippen molar-refractivity contribution in [3.63, 3.8) is 0 Å². The monoisotopic (exact) mass is 533 g/mol. The predicted octanol–water partition coefficient (Wildman–Crippen LogP) is 3.04. The Kier molecular flexibility index (Phi) is 8.95. The fourth-order valence-corrected chi connectivity index (χ4v) is 5.53. The lowest BCUT2D eigenvalue weighted by atomic mass is 9.85. The van der Waals surface area contributed by atoms with E-state index in [-0.39, 0.29) is 23.8 Å². The van der Waals surface area contributed by atoms with Crippen molar-refractivity contribution in [1.29, 1.82) is 0 Å². The summed E-state index contributed by atoms with van der Waals surface area (Å²) in [7, 11) is 1.71. The van der Waals surface area contributed by atoms with Crippen LogP contribution in [-0.2, 0) is 20.8 Å². The van der Waals surface area contributed by atoms with Gasteiger partial charge < -0.3 is 25.8 Å². The van der Waals surface area contributed by atoms with Gasteiger partial charge in [-0.15, -0.1) is 0 Å². The molecule has 2 aromatic rings. The molecule has 2 aliphatic rings. The normalized spacial score (nSPS) is 20.9. The topological polar surface area (TPSA) is 93.8 Å². The van der Waals surface area contributed by atoms with E-state index in [1.54, 1.807) is 18.9 Å². The van der Waals surface area contributed by atoms with E-state index in [2.05, 4.69) is 33.0 Å². The van der Waals surface area contributed by atoms with Gasteiger partial charge >= 0.3 is 0 Å². The maximum absolute atomic E-state index is 14.1. The highest BCUT2D eigenvalue weighted by Gasteiger charge is 2.43. The fourth-order valence-electron chi connectivity index (χ4n) is 5.53. The third-order valence-corrected chi connectivity index (χ3v) is 8.00. The van der Waals surface area contributed by atoms with Gasteiger partial charge in [-0.3, -0.25) is 14.4 Å². The van der Waals surface area contributed by atoms with E-state index in [0.29, 0.717) is 19.6 Å². The van der Waals surface area contributed by atoms with Crippen molar-refractivity contribution in [2.75, 3.05) is 31.6 Å². The Morgan fingerprint density at radius 1 is 0.974 bits per heavy atom. The lowest BCUT2D eigenvalue weighted by Crippen LogP contribution is -2.66. The molecule has 1 aliphatic heterocycles. The molecule has 1 aliphatic carbocycles. The molecule has 8 nitrogen and oxygen atoms in total. The predicted molar refractivity (Wildman–Crippen MR) is 154 cm³/mol. The Labute approximate surface area is 232 Å². The highest BCUT2D eigenvalue weighted by atomic mass is 16.2. The number of likely N-dealkylation sites (N-methyl/N-ethyl adjacent to an activating group) is 1. The molecule has 1 heterocycles. The van der Waals surface area contributed by atoms with Crippen molar-refractivity contribution in [3.8, 4) is 0 Å². The molecular weight excluding hydrogens is 490 g/mol. The summed E-state index contributed by atoms with van der Waals surface area (Å²) in [6.45, 7) is 8.95. The van der Waals surface area contributed by atoms with Gasteiger partial charge in [-0.1, -0.05) is 63.2 Å². The standard InChI is InChI=1S/C31H43N5O3/c1-21(32-5)28(37)34-27(31(2,3)4)30(39)36-19-18-35(23-14-7-6-8-15-23)20-26(36)29(38)33-25-17-11-13-22-12-9-10-16-24(22)25/h6-10,12,14-16,21,25-27,32H,11,13,17-20H2,1-5H3,(H,33,38)(H,34,37). The highest BCUT2D eigenvalue weighted by molar-refractivity contribution is 5.94. The molecule has 1 saturated heterocycles. The SMILES string of the molecule is CNC(C)C(=O)NC(C(=O)N1CCN(c2ccccc2)CC1C(=O)NC1CCCc2ccccc21)C(C)(C)C. The quantitative estimate of drug-likeness (QED) is 0.509. The summed E-state index contributed by atoms with van der Waals surface area (Å²) in [4.78, 5) is 44.8. The molecule has 4 unspecified atom stereocenters. The first-order valence-corrected chi connectivity index (χ1v) is 14.1. The summed E-state index contributed by atoms with van der Waals surface area (Å²) in [6.07, 6.45) is 2.89. The second kappa shape index (κ2) is 12.2. The summed E-state index contributed by atoms with van der Waals surface area (Å²) in [5.74, 6) is -0.627. The molecule has 0 aromatic heterocycles. The smallest absolute Gasteiger partial charge is 0.246 e. The maximum Gasteiger partial charge on any atom is 0.246 e. The number of para-hydroxylation sites is 1. The summed E-state index contributed by atoms with van der Waals surface area (Å²) in [6, 6.07) is 16.3. The Hall–Kier alpha value is -3.39. The van der Waals surface area contributed by atoms with Crippen LogP contribution in [0.3, 0.4) is 0 Å². The van der Waals surface area contributed by atoms with Gasteiger partial charge in [0, 0.05) is 25.3 Å². The van der Waals surface area contributed by atoms with Crippen LogP contribution in [0.4, 0.5) is 5.69 Å². The minimum Gasteiger partial charge on any atom is -0.367 e. The summed E-state index contributed by atoms with van der Waals surface area (Å²) < 4.78 is 0. The van der Waals surface area contributed by atoms with Crippen LogP contribution in [0.1, 0.15) is 57.7 Å². The highest BCUT2D eigenvalue weighted by Crippen LogP contribution is 2.30. The van der Waals surface area contributed by atoms with Gasteiger partial charge in [-0.2, -0.15) is 0 Å². The molecule has 0 spiro atoms. The number of nitrogens with one attached hydrogen (secondary N) is 3. The molecule has 0 saturated carbocycles. The zero-order chi connectivity index (χ0) is 28.2. The van der Waals surface area contributed by atoms with E-state index in [1.165, 1.54) is 5.56 Å². The van der Waals surface area contributed by atoms with Crippen LogP contribution in [0, 0.1) is 5.41 Å². The lowest BCUT2D eigenvalue weighted by Gasteiger charge is -2.45. The summed E-state index contributed by atoms with van der Waals surface area (Å²) >= 11 is 0. The van der Waals surface area contributed by atoms with Crippen LogP contribution in [-0.4, -0.2) is 67.4 Å². The molecule has 0 bridgehead atoms. The molecule has 39 heavy (non-hydrogen) atoms. The number of benzene rings is 2. The van der Waals surface area contributed by atoms with Crippen LogP contribution in [0.25, 0.3) is 0 Å². The van der Waals surface area contributed by atoms with Crippen LogP contribution in [0.2, 0.25) is 0 Å². The zero-order valence-corrected chi connectivity index (χ0v) is 23.9. The van der Waals surface area contributed by atoms with E-state index >= 15 is 0 Å². The van der Waals surface area contributed by atoms with Crippen molar-refractivity contribution >= 4 is 23.4 Å². The lowest BCUT2D eigenvalue weighted by molar-refractivity contribution is -0.146. The van der Waals surface area contributed by atoms with Crippen LogP contribution in [0.5, 0.6) is 0 Å². The molecule has 3 amide bonds. The molecule has 8 heteroatoms. The molecular formula is C31H43N5O3. The molecule has 4 rings (SSSR count). The number of piperazine rings is 1. The maximum atomic E-state index is 14.1. The van der Waals surface area contributed by atoms with Gasteiger partial charge in [0.25, 0.3) is 0 Å². The number of fused-ring (bicyclic) bond motifs is 1. The summed E-state index contributed by atoms with van der Waals surface area (Å²) in [5.41, 5.74) is 2.91. The van der Waals surface area contributed by atoms with Gasteiger partial charge in [0.1, 0.15) is 12.1 Å². The van der Waals surface area contributed by atoms with E-state index in [0.717, 1.165) is 30.5 Å². The first-order valence-electron chi connectivity index (χ1n) is 14.1. The Balaban J connectivity index is 1.61. The van der Waals surface area contributed by atoms with E-state index in [1.807, 2.05) is 63.2 Å². The van der Waals surface area contributed by atoms with Crippen LogP contribution in [0.15, 0.2) is 54.6 Å². The number of hydrogen-bond donors (Lipinski definition) is 3. The van der Waals surface area contributed by atoms with Gasteiger partial charge in [-0.05, 0) is 61.9 Å². The Morgan fingerprint density at radius 3 is 2.36 bits per heavy atom. The number of anilines is 1. The van der Waals surface area contributed by atoms with E-state index < -0.39 is 23.5 Å². The van der Waals surface area contributed by atoms with Crippen molar-refractivity contribution < 1.29 is 14.4 Å². The number of rotatable bonds is 7. The first kappa shape index (κ1) is 28.6. The zero-order valence-electron chi connectivity index (χ0n) is 23.9. The number of carbonyl (C=O) groups is 3. The molecule has 3 N–H and O–H groups in total. The average molecular weight is 534 g/mol. The van der Waals surface area contributed by atoms with Crippen molar-refractivity contribution in [2.45, 2.75) is 71.1 Å². The van der Waals surface area contributed by atoms with E-state index in [9.17, 15) is 14.4 Å². The minimum atomic E-state index is -0.769. The number of carbonyl (C=O) groups excluding carboxylic acids is 3. The third-order valence-electron chi connectivity index (χ3n) is 8.00. The molecule has 210 valence electrons. The largest absolute Gasteiger partial charge is 0.367 e. The molecule has 1 fully saturated rings. The fraction of sp³-hybridized carbons (Fsp3) is 0.516. The average Bonchev–Trinajstić information content (AvgIpc) is 2.94.